The predicted molar refractivity (Wildman–Crippen MR) is 123 cm³/mol. The van der Waals surface area contributed by atoms with Crippen LogP contribution < -0.4 is 0 Å². The van der Waals surface area contributed by atoms with Crippen LogP contribution in [0.2, 0.25) is 0 Å². The highest BCUT2D eigenvalue weighted by Gasteiger charge is 2.39. The Morgan fingerprint density at radius 2 is 1.40 bits per heavy atom. The van der Waals surface area contributed by atoms with E-state index in [1.165, 1.54) is 0 Å². The average molecular weight is 425 g/mol. The Labute approximate surface area is 185 Å². The first-order valence-corrected chi connectivity index (χ1v) is 12.8. The number of unbranched alkanes of at least 4 members (excludes halogenated alkanes) is 2. The van der Waals surface area contributed by atoms with Crippen molar-refractivity contribution in [1.82, 2.24) is 0 Å². The fraction of sp³-hybridized carbons (Fsp3) is 0.923. The lowest BCUT2D eigenvalue weighted by atomic mass is 9.65. The highest BCUT2D eigenvalue weighted by atomic mass is 16.5. The second-order valence-corrected chi connectivity index (χ2v) is 9.48. The lowest BCUT2D eigenvalue weighted by Gasteiger charge is -2.42. The van der Waals surface area contributed by atoms with Crippen molar-refractivity contribution >= 4 is 11.9 Å². The van der Waals surface area contributed by atoms with Gasteiger partial charge in [0.2, 0.25) is 0 Å². The third-order valence-corrected chi connectivity index (χ3v) is 7.32. The van der Waals surface area contributed by atoms with Gasteiger partial charge in [-0.05, 0) is 43.9 Å². The van der Waals surface area contributed by atoms with Crippen LogP contribution in [0.15, 0.2) is 0 Å². The van der Waals surface area contributed by atoms with Gasteiger partial charge in [0.1, 0.15) is 0 Å². The highest BCUT2D eigenvalue weighted by molar-refractivity contribution is 5.69. The van der Waals surface area contributed by atoms with E-state index in [9.17, 15) is 9.59 Å². The van der Waals surface area contributed by atoms with Crippen LogP contribution in [0.5, 0.6) is 0 Å². The van der Waals surface area contributed by atoms with Crippen molar-refractivity contribution in [2.45, 2.75) is 124 Å². The summed E-state index contributed by atoms with van der Waals surface area (Å²) in [5.74, 6) is 0.574. The Balaban J connectivity index is 3.01. The van der Waals surface area contributed by atoms with E-state index in [1.54, 1.807) is 0 Å². The zero-order chi connectivity index (χ0) is 22.2. The zero-order valence-corrected chi connectivity index (χ0v) is 20.3. The van der Waals surface area contributed by atoms with Gasteiger partial charge in [-0.25, -0.2) is 0 Å². The normalized spacial score (nSPS) is 28.4. The Morgan fingerprint density at radius 1 is 0.833 bits per heavy atom. The molecule has 4 heteroatoms. The molecular formula is C26H48O4. The first-order chi connectivity index (χ1) is 14.5. The van der Waals surface area contributed by atoms with Gasteiger partial charge in [-0.3, -0.25) is 9.59 Å². The summed E-state index contributed by atoms with van der Waals surface area (Å²) in [6.45, 7) is 9.96. The van der Waals surface area contributed by atoms with Gasteiger partial charge in [0, 0.05) is 18.3 Å². The molecule has 0 aromatic carbocycles. The number of carbonyl (C=O) groups is 2. The van der Waals surface area contributed by atoms with Crippen molar-refractivity contribution in [2.24, 2.45) is 17.3 Å². The van der Waals surface area contributed by atoms with E-state index in [2.05, 4.69) is 27.7 Å². The maximum atomic E-state index is 12.4. The van der Waals surface area contributed by atoms with Gasteiger partial charge < -0.3 is 9.47 Å². The first kappa shape index (κ1) is 27.0. The zero-order valence-electron chi connectivity index (χ0n) is 20.3. The Morgan fingerprint density at radius 3 is 1.97 bits per heavy atom. The summed E-state index contributed by atoms with van der Waals surface area (Å²) in [6, 6.07) is 0. The molecule has 4 nitrogen and oxygen atoms in total. The number of hydrogen-bond donors (Lipinski definition) is 0. The Hall–Kier alpha value is -1.06. The molecule has 1 fully saturated rings. The molecule has 0 radical (unpaired) electrons. The summed E-state index contributed by atoms with van der Waals surface area (Å²) in [5.41, 5.74) is -0.0373. The molecule has 0 aromatic rings. The van der Waals surface area contributed by atoms with Crippen LogP contribution >= 0.6 is 0 Å². The molecule has 0 N–H and O–H groups in total. The molecule has 0 bridgehead atoms. The van der Waals surface area contributed by atoms with Gasteiger partial charge in [0.05, 0.1) is 13.2 Å². The van der Waals surface area contributed by atoms with Crippen LogP contribution in [0.1, 0.15) is 124 Å². The fourth-order valence-electron chi connectivity index (χ4n) is 4.82. The standard InChI is InChI=1S/C26H48O4/c1-5-8-16-23-20-29-24(27)17-14-12-10-11-13-15-18-25(28)30-21-26(7-3,22(23)4)19-9-6-2/h22-23H,5-21H2,1-4H3. The quantitative estimate of drug-likeness (QED) is 0.404. The van der Waals surface area contributed by atoms with Crippen molar-refractivity contribution in [3.63, 3.8) is 0 Å². The molecule has 3 atom stereocenters. The van der Waals surface area contributed by atoms with Crippen molar-refractivity contribution in [3.8, 4) is 0 Å². The molecule has 1 aliphatic rings. The number of carbonyl (C=O) groups excluding carboxylic acids is 2. The third kappa shape index (κ3) is 9.83. The van der Waals surface area contributed by atoms with Crippen molar-refractivity contribution in [1.29, 1.82) is 0 Å². The lowest BCUT2D eigenvalue weighted by molar-refractivity contribution is -0.151. The summed E-state index contributed by atoms with van der Waals surface area (Å²) < 4.78 is 11.6. The Bertz CT molecular complexity index is 476. The smallest absolute Gasteiger partial charge is 0.305 e. The number of cyclic esters (lactones) is 2. The predicted octanol–water partition coefficient (Wildman–Crippen LogP) is 7.24. The lowest BCUT2D eigenvalue weighted by Crippen LogP contribution is -2.40. The number of rotatable bonds is 7. The molecule has 3 unspecified atom stereocenters. The molecule has 0 spiro atoms. The number of ether oxygens (including phenoxy) is 2. The molecule has 0 saturated carbocycles. The second kappa shape index (κ2) is 15.7. The van der Waals surface area contributed by atoms with Crippen molar-refractivity contribution in [2.75, 3.05) is 13.2 Å². The summed E-state index contributed by atoms with van der Waals surface area (Å²) in [5, 5.41) is 0. The average Bonchev–Trinajstić information content (AvgIpc) is 2.75. The highest BCUT2D eigenvalue weighted by Crippen LogP contribution is 2.43. The van der Waals surface area contributed by atoms with Gasteiger partial charge in [-0.2, -0.15) is 0 Å². The molecule has 1 heterocycles. The van der Waals surface area contributed by atoms with E-state index >= 15 is 0 Å². The summed E-state index contributed by atoms with van der Waals surface area (Å²) in [6.07, 6.45) is 14.9. The van der Waals surface area contributed by atoms with Crippen LogP contribution in [0.25, 0.3) is 0 Å². The maximum Gasteiger partial charge on any atom is 0.305 e. The molecule has 176 valence electrons. The van der Waals surface area contributed by atoms with Gasteiger partial charge >= 0.3 is 11.9 Å². The van der Waals surface area contributed by atoms with Gasteiger partial charge in [-0.15, -0.1) is 0 Å². The van der Waals surface area contributed by atoms with Gasteiger partial charge in [0.15, 0.2) is 0 Å². The van der Waals surface area contributed by atoms with E-state index < -0.39 is 0 Å². The summed E-state index contributed by atoms with van der Waals surface area (Å²) in [7, 11) is 0. The van der Waals surface area contributed by atoms with E-state index in [4.69, 9.17) is 9.47 Å². The van der Waals surface area contributed by atoms with Crippen LogP contribution in [-0.2, 0) is 19.1 Å². The van der Waals surface area contributed by atoms with E-state index in [0.717, 1.165) is 83.5 Å². The van der Waals surface area contributed by atoms with Crippen molar-refractivity contribution < 1.29 is 19.1 Å². The Kier molecular flexibility index (Phi) is 14.1. The summed E-state index contributed by atoms with van der Waals surface area (Å²) >= 11 is 0. The van der Waals surface area contributed by atoms with Crippen molar-refractivity contribution in [3.05, 3.63) is 0 Å². The fourth-order valence-corrected chi connectivity index (χ4v) is 4.82. The minimum Gasteiger partial charge on any atom is -0.465 e. The third-order valence-electron chi connectivity index (χ3n) is 7.32. The molecule has 1 saturated heterocycles. The molecule has 30 heavy (non-hydrogen) atoms. The van der Waals surface area contributed by atoms with Gasteiger partial charge in [0.25, 0.3) is 0 Å². The first-order valence-electron chi connectivity index (χ1n) is 12.8. The molecule has 1 aliphatic heterocycles. The summed E-state index contributed by atoms with van der Waals surface area (Å²) in [4.78, 5) is 24.7. The molecular weight excluding hydrogens is 376 g/mol. The van der Waals surface area contributed by atoms with E-state index in [-0.39, 0.29) is 17.4 Å². The van der Waals surface area contributed by atoms with Crippen LogP contribution in [0.3, 0.4) is 0 Å². The molecule has 0 aromatic heterocycles. The second-order valence-electron chi connectivity index (χ2n) is 9.48. The largest absolute Gasteiger partial charge is 0.465 e. The minimum atomic E-state index is -0.0462. The van der Waals surface area contributed by atoms with Crippen LogP contribution in [-0.4, -0.2) is 25.2 Å². The monoisotopic (exact) mass is 424 g/mol. The topological polar surface area (TPSA) is 52.6 Å². The van der Waals surface area contributed by atoms with E-state index in [1.807, 2.05) is 0 Å². The van der Waals surface area contributed by atoms with E-state index in [0.29, 0.717) is 37.9 Å². The molecule has 1 rings (SSSR count). The number of esters is 2. The molecule has 0 amide bonds. The van der Waals surface area contributed by atoms with Crippen LogP contribution in [0.4, 0.5) is 0 Å². The van der Waals surface area contributed by atoms with Gasteiger partial charge in [-0.1, -0.05) is 79.1 Å². The number of hydrogen-bond acceptors (Lipinski definition) is 4. The van der Waals surface area contributed by atoms with Crippen LogP contribution in [0, 0.1) is 17.3 Å². The SMILES string of the molecule is CCCCC1COC(=O)CCCCCCCCC(=O)OCC(CC)(CCCC)C1C. The molecule has 0 aliphatic carbocycles. The maximum absolute atomic E-state index is 12.4. The minimum absolute atomic E-state index is 0.0373.